The van der Waals surface area contributed by atoms with Crippen LogP contribution >= 0.6 is 0 Å². The van der Waals surface area contributed by atoms with Gasteiger partial charge in [-0.1, -0.05) is 0 Å². The molecule has 1 saturated heterocycles. The third kappa shape index (κ3) is 7.09. The number of alkyl halides is 3. The SMILES string of the molecule is C[C@@H]1CN([C@@H](CN(c2ccc(Oc3ccc(C(F)(F)F)cc3)cc2)S(C)(=O)=O)C(=O)NO)C[C@H](C)O1. The second-order valence-corrected chi connectivity index (χ2v) is 10.5. The van der Waals surface area contributed by atoms with Crippen molar-refractivity contribution < 1.29 is 41.1 Å². The van der Waals surface area contributed by atoms with Gasteiger partial charge in [0.25, 0.3) is 5.91 Å². The number of hydrogen-bond acceptors (Lipinski definition) is 7. The zero-order chi connectivity index (χ0) is 26.7. The van der Waals surface area contributed by atoms with Gasteiger partial charge in [0.15, 0.2) is 0 Å². The predicted molar refractivity (Wildman–Crippen MR) is 125 cm³/mol. The predicted octanol–water partition coefficient (Wildman–Crippen LogP) is 3.25. The van der Waals surface area contributed by atoms with Gasteiger partial charge in [0.1, 0.15) is 17.5 Å². The van der Waals surface area contributed by atoms with Gasteiger partial charge in [-0.3, -0.25) is 19.2 Å². The van der Waals surface area contributed by atoms with Crippen molar-refractivity contribution in [2.45, 2.75) is 38.3 Å². The van der Waals surface area contributed by atoms with Crippen LogP contribution in [-0.2, 0) is 25.7 Å². The van der Waals surface area contributed by atoms with E-state index in [1.807, 2.05) is 13.8 Å². The van der Waals surface area contributed by atoms with Crippen molar-refractivity contribution in [2.24, 2.45) is 0 Å². The Morgan fingerprint density at radius 3 is 2.06 bits per heavy atom. The summed E-state index contributed by atoms with van der Waals surface area (Å²) < 4.78 is 75.8. The third-order valence-corrected chi connectivity index (χ3v) is 6.74. The zero-order valence-corrected chi connectivity index (χ0v) is 20.7. The van der Waals surface area contributed by atoms with E-state index in [9.17, 15) is 31.6 Å². The number of ether oxygens (including phenoxy) is 2. The van der Waals surface area contributed by atoms with Crippen LogP contribution in [0.2, 0.25) is 0 Å². The van der Waals surface area contributed by atoms with Gasteiger partial charge in [0.05, 0.1) is 36.3 Å². The summed E-state index contributed by atoms with van der Waals surface area (Å²) in [7, 11) is -3.84. The monoisotopic (exact) mass is 531 g/mol. The van der Waals surface area contributed by atoms with Crippen molar-refractivity contribution in [1.82, 2.24) is 10.4 Å². The fourth-order valence-electron chi connectivity index (χ4n) is 4.03. The first-order valence-corrected chi connectivity index (χ1v) is 12.9. The fourth-order valence-corrected chi connectivity index (χ4v) is 4.95. The van der Waals surface area contributed by atoms with Crippen molar-refractivity contribution in [3.8, 4) is 11.5 Å². The number of rotatable bonds is 8. The number of amides is 1. The Labute approximate surface area is 207 Å². The average Bonchev–Trinajstić information content (AvgIpc) is 2.78. The average molecular weight is 532 g/mol. The molecular formula is C23H28F3N3O6S. The van der Waals surface area contributed by atoms with E-state index in [1.54, 1.807) is 10.4 Å². The molecule has 1 aliphatic rings. The van der Waals surface area contributed by atoms with Crippen molar-refractivity contribution in [3.05, 3.63) is 54.1 Å². The Morgan fingerprint density at radius 1 is 1.11 bits per heavy atom. The molecule has 2 N–H and O–H groups in total. The number of anilines is 1. The van der Waals surface area contributed by atoms with Gasteiger partial charge in [-0.15, -0.1) is 0 Å². The van der Waals surface area contributed by atoms with Gasteiger partial charge >= 0.3 is 6.18 Å². The van der Waals surface area contributed by atoms with Crippen LogP contribution < -0.4 is 14.5 Å². The van der Waals surface area contributed by atoms with Crippen LogP contribution in [0.1, 0.15) is 19.4 Å². The Kier molecular flexibility index (Phi) is 8.49. The van der Waals surface area contributed by atoms with Gasteiger partial charge in [0.2, 0.25) is 10.0 Å². The highest BCUT2D eigenvalue weighted by molar-refractivity contribution is 7.92. The zero-order valence-electron chi connectivity index (χ0n) is 19.9. The van der Waals surface area contributed by atoms with Gasteiger partial charge < -0.3 is 9.47 Å². The molecule has 9 nitrogen and oxygen atoms in total. The van der Waals surface area contributed by atoms with Crippen LogP contribution in [0.25, 0.3) is 0 Å². The summed E-state index contributed by atoms with van der Waals surface area (Å²) in [6, 6.07) is 9.00. The number of hydrogen-bond donors (Lipinski definition) is 2. The van der Waals surface area contributed by atoms with E-state index >= 15 is 0 Å². The van der Waals surface area contributed by atoms with E-state index in [-0.39, 0.29) is 35.9 Å². The molecule has 1 aliphatic heterocycles. The Morgan fingerprint density at radius 2 is 1.61 bits per heavy atom. The maximum Gasteiger partial charge on any atom is 0.416 e. The number of morpholine rings is 1. The largest absolute Gasteiger partial charge is 0.457 e. The topological polar surface area (TPSA) is 108 Å². The number of hydroxylamine groups is 1. The molecule has 0 bridgehead atoms. The lowest BCUT2D eigenvalue weighted by molar-refractivity contribution is -0.140. The quantitative estimate of drug-likeness (QED) is 0.398. The number of carbonyl (C=O) groups is 1. The molecule has 1 fully saturated rings. The molecule has 3 rings (SSSR count). The van der Waals surface area contributed by atoms with E-state index in [2.05, 4.69) is 0 Å². The molecular weight excluding hydrogens is 503 g/mol. The second-order valence-electron chi connectivity index (χ2n) is 8.62. The maximum absolute atomic E-state index is 12.7. The Balaban J connectivity index is 1.81. The van der Waals surface area contributed by atoms with Crippen LogP contribution in [0.4, 0.5) is 18.9 Å². The number of carbonyl (C=O) groups excluding carboxylic acids is 1. The lowest BCUT2D eigenvalue weighted by Crippen LogP contribution is -2.58. The molecule has 13 heteroatoms. The molecule has 198 valence electrons. The molecule has 0 spiro atoms. The van der Waals surface area contributed by atoms with E-state index < -0.39 is 33.7 Å². The smallest absolute Gasteiger partial charge is 0.416 e. The standard InChI is InChI=1S/C23H28F3N3O6S/c1-15-12-28(13-16(2)34-15)21(22(30)27-31)14-29(36(3,32)33)18-6-10-20(11-7-18)35-19-8-4-17(5-9-19)23(24,25)26/h4-11,15-16,21,31H,12-14H2,1-3H3,(H,27,30)/t15-,16+,21-/m0/s1. The van der Waals surface area contributed by atoms with Crippen molar-refractivity contribution in [3.63, 3.8) is 0 Å². The van der Waals surface area contributed by atoms with Crippen LogP contribution in [0.5, 0.6) is 11.5 Å². The minimum absolute atomic E-state index is 0.172. The second kappa shape index (κ2) is 11.0. The first kappa shape index (κ1) is 27.7. The lowest BCUT2D eigenvalue weighted by Gasteiger charge is -2.40. The highest BCUT2D eigenvalue weighted by Crippen LogP contribution is 2.32. The lowest BCUT2D eigenvalue weighted by atomic mass is 10.1. The fraction of sp³-hybridized carbons (Fsp3) is 0.435. The van der Waals surface area contributed by atoms with Gasteiger partial charge in [0, 0.05) is 13.1 Å². The summed E-state index contributed by atoms with van der Waals surface area (Å²) in [6.07, 6.45) is -3.86. The molecule has 1 heterocycles. The molecule has 0 radical (unpaired) electrons. The minimum Gasteiger partial charge on any atom is -0.457 e. The Bertz CT molecular complexity index is 1130. The summed E-state index contributed by atoms with van der Waals surface area (Å²) in [6.45, 7) is 4.12. The number of halogens is 3. The molecule has 36 heavy (non-hydrogen) atoms. The van der Waals surface area contributed by atoms with E-state index in [4.69, 9.17) is 9.47 Å². The highest BCUT2D eigenvalue weighted by atomic mass is 32.2. The van der Waals surface area contributed by atoms with Crippen molar-refractivity contribution in [2.75, 3.05) is 30.2 Å². The van der Waals surface area contributed by atoms with Crippen molar-refractivity contribution in [1.29, 1.82) is 0 Å². The third-order valence-electron chi connectivity index (χ3n) is 5.58. The van der Waals surface area contributed by atoms with Crippen LogP contribution in [0.15, 0.2) is 48.5 Å². The molecule has 0 aromatic heterocycles. The van der Waals surface area contributed by atoms with Crippen molar-refractivity contribution >= 4 is 21.6 Å². The summed E-state index contributed by atoms with van der Waals surface area (Å²) in [5.41, 5.74) is 1.05. The number of nitrogens with zero attached hydrogens (tertiary/aromatic N) is 2. The number of nitrogens with one attached hydrogen (secondary N) is 1. The summed E-state index contributed by atoms with van der Waals surface area (Å²) in [5.74, 6) is -0.314. The molecule has 2 aromatic carbocycles. The van der Waals surface area contributed by atoms with Gasteiger partial charge in [-0.25, -0.2) is 13.9 Å². The normalized spacial score (nSPS) is 20.0. The summed E-state index contributed by atoms with van der Waals surface area (Å²) in [4.78, 5) is 14.3. The molecule has 0 aliphatic carbocycles. The van der Waals surface area contributed by atoms with E-state index in [0.29, 0.717) is 13.1 Å². The molecule has 1 amide bonds. The summed E-state index contributed by atoms with van der Waals surface area (Å²) >= 11 is 0. The van der Waals surface area contributed by atoms with Crippen LogP contribution in [0.3, 0.4) is 0 Å². The summed E-state index contributed by atoms with van der Waals surface area (Å²) in [5, 5.41) is 9.29. The van der Waals surface area contributed by atoms with Gasteiger partial charge in [-0.05, 0) is 62.4 Å². The highest BCUT2D eigenvalue weighted by Gasteiger charge is 2.35. The molecule has 2 aromatic rings. The molecule has 3 atom stereocenters. The number of sulfonamides is 1. The molecule has 0 saturated carbocycles. The Hall–Kier alpha value is -2.87. The maximum atomic E-state index is 12.7. The van der Waals surface area contributed by atoms with Crippen LogP contribution in [-0.4, -0.2) is 68.6 Å². The first-order chi connectivity index (χ1) is 16.8. The van der Waals surface area contributed by atoms with Gasteiger partial charge in [-0.2, -0.15) is 13.2 Å². The van der Waals surface area contributed by atoms with E-state index in [1.165, 1.54) is 36.4 Å². The van der Waals surface area contributed by atoms with Crippen LogP contribution in [0, 0.1) is 0 Å². The van der Waals surface area contributed by atoms with E-state index in [0.717, 1.165) is 22.7 Å². The minimum atomic E-state index is -4.46. The first-order valence-electron chi connectivity index (χ1n) is 11.0. The molecule has 0 unspecified atom stereocenters. The number of benzene rings is 2.